The van der Waals surface area contributed by atoms with Gasteiger partial charge in [-0.1, -0.05) is 23.7 Å². The second-order valence-electron chi connectivity index (χ2n) is 6.97. The van der Waals surface area contributed by atoms with Crippen LogP contribution in [0.5, 0.6) is 0 Å². The van der Waals surface area contributed by atoms with E-state index in [1.165, 1.54) is 24.3 Å². The molecule has 11 heteroatoms. The molecule has 5 N–H and O–H groups in total. The first kappa shape index (κ1) is 22.5. The summed E-state index contributed by atoms with van der Waals surface area (Å²) < 4.78 is 29.2. The molecule has 0 unspecified atom stereocenters. The number of carbonyl (C=O) groups is 1. The number of halogens is 1. The summed E-state index contributed by atoms with van der Waals surface area (Å²) in [5, 5.41) is 15.7. The van der Waals surface area contributed by atoms with Crippen molar-refractivity contribution in [1.82, 2.24) is 4.98 Å². The molecule has 0 spiro atoms. The van der Waals surface area contributed by atoms with Crippen molar-refractivity contribution in [2.24, 2.45) is 10.9 Å². The van der Waals surface area contributed by atoms with Crippen LogP contribution in [-0.2, 0) is 10.0 Å². The average molecular weight is 485 g/mol. The van der Waals surface area contributed by atoms with Crippen molar-refractivity contribution in [3.63, 3.8) is 0 Å². The van der Waals surface area contributed by atoms with Crippen molar-refractivity contribution >= 4 is 33.3 Å². The second kappa shape index (κ2) is 8.68. The maximum absolute atomic E-state index is 11.6. The molecule has 0 fully saturated rings. The maximum Gasteiger partial charge on any atom is 0.343 e. The number of anilines is 1. The maximum atomic E-state index is 11.6. The second-order valence-corrected chi connectivity index (χ2v) is 8.97. The number of nitrogens with zero attached hydrogens (tertiary/aromatic N) is 2. The summed E-state index contributed by atoms with van der Waals surface area (Å²) in [6, 6.07) is 18.1. The molecule has 33 heavy (non-hydrogen) atoms. The Bertz CT molecular complexity index is 1420. The molecule has 1 heterocycles. The van der Waals surface area contributed by atoms with E-state index in [4.69, 9.17) is 26.9 Å². The highest BCUT2D eigenvalue weighted by Gasteiger charge is 2.19. The predicted octanol–water partition coefficient (Wildman–Crippen LogP) is 4.25. The summed E-state index contributed by atoms with van der Waals surface area (Å²) in [5.41, 5.74) is 7.63. The number of amides is 2. The average Bonchev–Trinajstić information content (AvgIpc) is 3.24. The fourth-order valence-electron chi connectivity index (χ4n) is 3.11. The minimum atomic E-state index is -3.84. The molecule has 0 saturated carbocycles. The molecule has 0 radical (unpaired) electrons. The zero-order valence-corrected chi connectivity index (χ0v) is 18.4. The van der Waals surface area contributed by atoms with Gasteiger partial charge in [0.25, 0.3) is 0 Å². The summed E-state index contributed by atoms with van der Waals surface area (Å²) in [6.07, 6.45) is 0. The lowest BCUT2D eigenvalue weighted by atomic mass is 10.1. The first-order chi connectivity index (χ1) is 15.6. The molecule has 0 bridgehead atoms. The fraction of sp³-hybridized carbons (Fsp3) is 0. The topological polar surface area (TPSA) is 153 Å². The highest BCUT2D eigenvalue weighted by atomic mass is 35.5. The number of hydrogen-bond donors (Lipinski definition) is 3. The molecule has 3 aromatic carbocycles. The van der Waals surface area contributed by atoms with E-state index in [9.17, 15) is 18.4 Å². The molecule has 4 rings (SSSR count). The molecule has 0 aliphatic carbocycles. The number of primary sulfonamides is 1. The van der Waals surface area contributed by atoms with Crippen molar-refractivity contribution in [2.45, 2.75) is 4.90 Å². The normalized spacial score (nSPS) is 11.4. The lowest BCUT2D eigenvalue weighted by molar-refractivity contribution is 0.212. The van der Waals surface area contributed by atoms with Crippen molar-refractivity contribution in [2.75, 3.05) is 5.06 Å². The van der Waals surface area contributed by atoms with Gasteiger partial charge in [0.1, 0.15) is 5.69 Å². The third-order valence-electron chi connectivity index (χ3n) is 4.76. The minimum absolute atomic E-state index is 0.0300. The standard InChI is InChI=1S/C22H17ClN4O5S/c23-16-7-1-13(2-8-16)19-20(14-5-11-18(12-6-14)33(25,30)31)32-21(26-19)15-3-9-17(10-4-15)27(29)22(24)28/h1-12,29H,(H2,24,28)(H2,25,30,31). The minimum Gasteiger partial charge on any atom is -0.435 e. The van der Waals surface area contributed by atoms with Gasteiger partial charge in [0.2, 0.25) is 15.9 Å². The van der Waals surface area contributed by atoms with E-state index in [1.54, 1.807) is 48.5 Å². The lowest BCUT2D eigenvalue weighted by Gasteiger charge is -2.11. The van der Waals surface area contributed by atoms with Gasteiger partial charge in [-0.05, 0) is 60.7 Å². The molecule has 0 aliphatic heterocycles. The van der Waals surface area contributed by atoms with E-state index in [0.29, 0.717) is 32.7 Å². The monoisotopic (exact) mass is 484 g/mol. The molecule has 0 saturated heterocycles. The van der Waals surface area contributed by atoms with E-state index in [0.717, 1.165) is 5.56 Å². The van der Waals surface area contributed by atoms with Crippen LogP contribution in [0.15, 0.2) is 82.1 Å². The predicted molar refractivity (Wildman–Crippen MR) is 123 cm³/mol. The molecule has 1 aromatic heterocycles. The SMILES string of the molecule is NC(=O)N(O)c1ccc(-c2nc(-c3ccc(Cl)cc3)c(-c3ccc(S(N)(=O)=O)cc3)o2)cc1. The molecular formula is C22H17ClN4O5S. The van der Waals surface area contributed by atoms with E-state index < -0.39 is 16.1 Å². The van der Waals surface area contributed by atoms with E-state index >= 15 is 0 Å². The Morgan fingerprint density at radius 1 is 0.909 bits per heavy atom. The van der Waals surface area contributed by atoms with Crippen LogP contribution in [0, 0.1) is 0 Å². The Hall–Kier alpha value is -3.70. The van der Waals surface area contributed by atoms with E-state index in [-0.39, 0.29) is 16.5 Å². The van der Waals surface area contributed by atoms with Crippen molar-refractivity contribution in [3.05, 3.63) is 77.8 Å². The van der Waals surface area contributed by atoms with Crippen LogP contribution >= 0.6 is 11.6 Å². The number of sulfonamides is 1. The van der Waals surface area contributed by atoms with Gasteiger partial charge in [-0.25, -0.2) is 23.3 Å². The summed E-state index contributed by atoms with van der Waals surface area (Å²) in [4.78, 5) is 15.7. The number of nitrogens with two attached hydrogens (primary N) is 2. The van der Waals surface area contributed by atoms with Crippen LogP contribution in [0.1, 0.15) is 0 Å². The molecule has 9 nitrogen and oxygen atoms in total. The highest BCUT2D eigenvalue weighted by Crippen LogP contribution is 2.37. The Labute approximate surface area is 193 Å². The molecular weight excluding hydrogens is 468 g/mol. The number of urea groups is 1. The number of carbonyl (C=O) groups excluding carboxylic acids is 1. The highest BCUT2D eigenvalue weighted by molar-refractivity contribution is 7.89. The Morgan fingerprint density at radius 2 is 1.45 bits per heavy atom. The van der Waals surface area contributed by atoms with Gasteiger partial charge in [-0.15, -0.1) is 0 Å². The number of hydrogen-bond acceptors (Lipinski definition) is 6. The summed E-state index contributed by atoms with van der Waals surface area (Å²) in [6.45, 7) is 0. The van der Waals surface area contributed by atoms with Crippen LogP contribution < -0.4 is 15.9 Å². The number of hydroxylamine groups is 1. The van der Waals surface area contributed by atoms with Gasteiger partial charge in [0.05, 0.1) is 10.6 Å². The fourth-order valence-corrected chi connectivity index (χ4v) is 3.75. The van der Waals surface area contributed by atoms with Crippen molar-refractivity contribution in [1.29, 1.82) is 0 Å². The number of oxazole rings is 1. The van der Waals surface area contributed by atoms with Gasteiger partial charge in [-0.2, -0.15) is 5.06 Å². The molecule has 168 valence electrons. The van der Waals surface area contributed by atoms with Gasteiger partial charge < -0.3 is 10.2 Å². The van der Waals surface area contributed by atoms with Gasteiger partial charge in [0.15, 0.2) is 5.76 Å². The summed E-state index contributed by atoms with van der Waals surface area (Å²) >= 11 is 6.01. The quantitative estimate of drug-likeness (QED) is 0.284. The third kappa shape index (κ3) is 4.73. The van der Waals surface area contributed by atoms with Crippen LogP contribution in [0.25, 0.3) is 34.0 Å². The zero-order valence-electron chi connectivity index (χ0n) is 16.8. The van der Waals surface area contributed by atoms with Crippen LogP contribution in [0.3, 0.4) is 0 Å². The van der Waals surface area contributed by atoms with Gasteiger partial charge >= 0.3 is 6.03 Å². The Balaban J connectivity index is 1.80. The van der Waals surface area contributed by atoms with Crippen LogP contribution in [0.4, 0.5) is 10.5 Å². The Kier molecular flexibility index (Phi) is 5.91. The molecule has 2 amide bonds. The molecule has 0 atom stereocenters. The third-order valence-corrected chi connectivity index (χ3v) is 5.94. The van der Waals surface area contributed by atoms with E-state index in [2.05, 4.69) is 4.98 Å². The lowest BCUT2D eigenvalue weighted by Crippen LogP contribution is -2.32. The number of rotatable bonds is 5. The summed E-state index contributed by atoms with van der Waals surface area (Å²) in [7, 11) is -3.84. The first-order valence-electron chi connectivity index (χ1n) is 9.42. The first-order valence-corrected chi connectivity index (χ1v) is 11.3. The van der Waals surface area contributed by atoms with Crippen molar-refractivity contribution < 1.29 is 22.8 Å². The summed E-state index contributed by atoms with van der Waals surface area (Å²) in [5.74, 6) is 0.666. The molecule has 0 aliphatic rings. The van der Waals surface area contributed by atoms with Crippen molar-refractivity contribution in [3.8, 4) is 34.0 Å². The van der Waals surface area contributed by atoms with Gasteiger partial charge in [0, 0.05) is 21.7 Å². The van der Waals surface area contributed by atoms with E-state index in [1.807, 2.05) is 0 Å². The smallest absolute Gasteiger partial charge is 0.343 e. The van der Waals surface area contributed by atoms with Crippen LogP contribution in [-0.4, -0.2) is 24.6 Å². The number of aromatic nitrogens is 1. The molecule has 4 aromatic rings. The van der Waals surface area contributed by atoms with Crippen LogP contribution in [0.2, 0.25) is 5.02 Å². The largest absolute Gasteiger partial charge is 0.435 e. The zero-order chi connectivity index (χ0) is 23.8. The Morgan fingerprint density at radius 3 is 2.00 bits per heavy atom. The van der Waals surface area contributed by atoms with Gasteiger partial charge in [-0.3, -0.25) is 5.21 Å². The number of primary amides is 1. The number of benzene rings is 3.